The highest BCUT2D eigenvalue weighted by molar-refractivity contribution is 14.0. The van der Waals surface area contributed by atoms with Crippen LogP contribution in [0.15, 0.2) is 29.3 Å². The molecule has 0 heterocycles. The van der Waals surface area contributed by atoms with E-state index in [0.717, 1.165) is 0 Å². The summed E-state index contributed by atoms with van der Waals surface area (Å²) in [5.74, 6) is 0.126. The lowest BCUT2D eigenvalue weighted by Crippen LogP contribution is -2.36. The van der Waals surface area contributed by atoms with Gasteiger partial charge in [0.1, 0.15) is 12.4 Å². The standard InChI is InChI=1S/C13H19FN4O.HI/c1-17(2)13(18(3)4)15-9-12(19)16-11-7-5-10(14)6-8-11;/h5-8H,9H2,1-4H3,(H,16,19);1H. The molecule has 1 rings (SSSR count). The minimum Gasteiger partial charge on any atom is -0.349 e. The van der Waals surface area contributed by atoms with Gasteiger partial charge in [-0.3, -0.25) is 4.79 Å². The van der Waals surface area contributed by atoms with E-state index in [9.17, 15) is 9.18 Å². The molecule has 0 unspecified atom stereocenters. The second-order valence-corrected chi connectivity index (χ2v) is 4.46. The summed E-state index contributed by atoms with van der Waals surface area (Å²) in [5, 5.41) is 2.65. The normalized spacial score (nSPS) is 9.25. The molecular weight excluding hydrogens is 374 g/mol. The highest BCUT2D eigenvalue weighted by atomic mass is 127. The van der Waals surface area contributed by atoms with Gasteiger partial charge in [0.25, 0.3) is 0 Å². The molecule has 0 fully saturated rings. The van der Waals surface area contributed by atoms with E-state index in [1.807, 2.05) is 38.0 Å². The van der Waals surface area contributed by atoms with Crippen LogP contribution < -0.4 is 5.32 Å². The van der Waals surface area contributed by atoms with E-state index in [0.29, 0.717) is 11.6 Å². The number of amides is 1. The summed E-state index contributed by atoms with van der Waals surface area (Å²) in [6.07, 6.45) is 0. The summed E-state index contributed by atoms with van der Waals surface area (Å²) in [5.41, 5.74) is 0.554. The molecule has 0 spiro atoms. The number of halogens is 2. The summed E-state index contributed by atoms with van der Waals surface area (Å²) in [4.78, 5) is 19.6. The molecule has 20 heavy (non-hydrogen) atoms. The van der Waals surface area contributed by atoms with Gasteiger partial charge in [-0.15, -0.1) is 24.0 Å². The van der Waals surface area contributed by atoms with Gasteiger partial charge in [-0.05, 0) is 24.3 Å². The van der Waals surface area contributed by atoms with Crippen molar-refractivity contribution < 1.29 is 9.18 Å². The van der Waals surface area contributed by atoms with Crippen LogP contribution in [0.4, 0.5) is 10.1 Å². The fourth-order valence-corrected chi connectivity index (χ4v) is 1.56. The van der Waals surface area contributed by atoms with Crippen LogP contribution in [0.25, 0.3) is 0 Å². The van der Waals surface area contributed by atoms with Crippen molar-refractivity contribution in [3.05, 3.63) is 30.1 Å². The first-order valence-corrected chi connectivity index (χ1v) is 5.84. The third-order valence-electron chi connectivity index (χ3n) is 2.29. The molecule has 0 atom stereocenters. The second-order valence-electron chi connectivity index (χ2n) is 4.46. The van der Waals surface area contributed by atoms with Crippen molar-refractivity contribution in [1.82, 2.24) is 9.80 Å². The van der Waals surface area contributed by atoms with Gasteiger partial charge in [0.05, 0.1) is 0 Å². The number of hydrogen-bond donors (Lipinski definition) is 1. The molecule has 0 saturated carbocycles. The van der Waals surface area contributed by atoms with E-state index >= 15 is 0 Å². The lowest BCUT2D eigenvalue weighted by molar-refractivity contribution is -0.114. The number of anilines is 1. The van der Waals surface area contributed by atoms with E-state index in [-0.39, 0.29) is 42.2 Å². The molecule has 1 amide bonds. The zero-order valence-corrected chi connectivity index (χ0v) is 14.4. The van der Waals surface area contributed by atoms with E-state index in [1.54, 1.807) is 0 Å². The van der Waals surface area contributed by atoms with Crippen LogP contribution >= 0.6 is 24.0 Å². The van der Waals surface area contributed by atoms with Crippen molar-refractivity contribution in [3.63, 3.8) is 0 Å². The molecule has 0 aliphatic rings. The lowest BCUT2D eigenvalue weighted by Gasteiger charge is -2.22. The van der Waals surface area contributed by atoms with Crippen molar-refractivity contribution in [2.75, 3.05) is 40.1 Å². The molecule has 1 aromatic carbocycles. The van der Waals surface area contributed by atoms with E-state index in [1.165, 1.54) is 24.3 Å². The first kappa shape index (κ1) is 18.6. The minimum absolute atomic E-state index is 0. The molecule has 0 aliphatic carbocycles. The number of nitrogens with one attached hydrogen (secondary N) is 1. The topological polar surface area (TPSA) is 47.9 Å². The molecule has 1 aromatic rings. The lowest BCUT2D eigenvalue weighted by atomic mass is 10.3. The molecule has 0 bridgehead atoms. The van der Waals surface area contributed by atoms with E-state index in [4.69, 9.17) is 0 Å². The van der Waals surface area contributed by atoms with Gasteiger partial charge < -0.3 is 15.1 Å². The Hall–Kier alpha value is -1.38. The Morgan fingerprint density at radius 1 is 1.15 bits per heavy atom. The Kier molecular flexibility index (Phi) is 8.12. The first-order chi connectivity index (χ1) is 8.90. The summed E-state index contributed by atoms with van der Waals surface area (Å²) < 4.78 is 12.7. The van der Waals surface area contributed by atoms with Crippen molar-refractivity contribution in [2.24, 2.45) is 4.99 Å². The number of benzene rings is 1. The molecule has 0 aromatic heterocycles. The number of carbonyl (C=O) groups is 1. The zero-order valence-electron chi connectivity index (χ0n) is 12.1. The average molecular weight is 394 g/mol. The van der Waals surface area contributed by atoms with Gasteiger partial charge in [-0.1, -0.05) is 0 Å². The Morgan fingerprint density at radius 2 is 1.65 bits per heavy atom. The van der Waals surface area contributed by atoms with Crippen molar-refractivity contribution in [1.29, 1.82) is 0 Å². The van der Waals surface area contributed by atoms with Gasteiger partial charge in [0, 0.05) is 33.9 Å². The fraction of sp³-hybridized carbons (Fsp3) is 0.385. The summed E-state index contributed by atoms with van der Waals surface area (Å²) in [6, 6.07) is 5.61. The van der Waals surface area contributed by atoms with Crippen LogP contribution in [-0.2, 0) is 4.79 Å². The van der Waals surface area contributed by atoms with Crippen LogP contribution in [0.5, 0.6) is 0 Å². The molecule has 1 N–H and O–H groups in total. The second kappa shape index (κ2) is 8.72. The number of carbonyl (C=O) groups excluding carboxylic acids is 1. The van der Waals surface area contributed by atoms with Crippen LogP contribution in [-0.4, -0.2) is 56.4 Å². The SMILES string of the molecule is CN(C)C(=NCC(=O)Nc1ccc(F)cc1)N(C)C.I. The number of aliphatic imine (C=N–C) groups is 1. The maximum Gasteiger partial charge on any atom is 0.246 e. The molecular formula is C13H20FIN4O. The summed E-state index contributed by atoms with van der Waals surface area (Å²) >= 11 is 0. The number of guanidine groups is 1. The van der Waals surface area contributed by atoms with Crippen molar-refractivity contribution >= 4 is 41.5 Å². The van der Waals surface area contributed by atoms with E-state index in [2.05, 4.69) is 10.3 Å². The first-order valence-electron chi connectivity index (χ1n) is 5.84. The summed E-state index contributed by atoms with van der Waals surface area (Å²) in [7, 11) is 7.43. The molecule has 7 heteroatoms. The molecule has 112 valence electrons. The number of rotatable bonds is 3. The van der Waals surface area contributed by atoms with Gasteiger partial charge in [-0.25, -0.2) is 9.38 Å². The van der Waals surface area contributed by atoms with Crippen molar-refractivity contribution in [3.8, 4) is 0 Å². The van der Waals surface area contributed by atoms with E-state index < -0.39 is 0 Å². The average Bonchev–Trinajstić information content (AvgIpc) is 2.31. The predicted octanol–water partition coefficient (Wildman–Crippen LogP) is 1.86. The van der Waals surface area contributed by atoms with Crippen LogP contribution in [0, 0.1) is 5.82 Å². The zero-order chi connectivity index (χ0) is 14.4. The van der Waals surface area contributed by atoms with Crippen LogP contribution in [0.2, 0.25) is 0 Å². The smallest absolute Gasteiger partial charge is 0.246 e. The molecule has 0 aliphatic heterocycles. The fourth-order valence-electron chi connectivity index (χ4n) is 1.56. The van der Waals surface area contributed by atoms with Gasteiger partial charge in [0.15, 0.2) is 5.96 Å². The molecule has 5 nitrogen and oxygen atoms in total. The largest absolute Gasteiger partial charge is 0.349 e. The van der Waals surface area contributed by atoms with Gasteiger partial charge >= 0.3 is 0 Å². The Balaban J connectivity index is 0.00000361. The monoisotopic (exact) mass is 394 g/mol. The Morgan fingerprint density at radius 3 is 2.10 bits per heavy atom. The van der Waals surface area contributed by atoms with Crippen LogP contribution in [0.3, 0.4) is 0 Å². The predicted molar refractivity (Wildman–Crippen MR) is 90.1 cm³/mol. The Bertz CT molecular complexity index is 450. The van der Waals surface area contributed by atoms with Crippen molar-refractivity contribution in [2.45, 2.75) is 0 Å². The summed E-state index contributed by atoms with van der Waals surface area (Å²) in [6.45, 7) is 0.0169. The molecule has 0 radical (unpaired) electrons. The molecule has 0 saturated heterocycles. The van der Waals surface area contributed by atoms with Gasteiger partial charge in [-0.2, -0.15) is 0 Å². The number of hydrogen-bond acceptors (Lipinski definition) is 2. The maximum absolute atomic E-state index is 12.7. The number of nitrogens with zero attached hydrogens (tertiary/aromatic N) is 3. The quantitative estimate of drug-likeness (QED) is 0.484. The highest BCUT2D eigenvalue weighted by Crippen LogP contribution is 2.07. The maximum atomic E-state index is 12.7. The van der Waals surface area contributed by atoms with Gasteiger partial charge in [0.2, 0.25) is 5.91 Å². The Labute approximate surface area is 135 Å². The third kappa shape index (κ3) is 6.18. The minimum atomic E-state index is -0.335. The van der Waals surface area contributed by atoms with Crippen LogP contribution in [0.1, 0.15) is 0 Å². The highest BCUT2D eigenvalue weighted by Gasteiger charge is 2.06. The third-order valence-corrected chi connectivity index (χ3v) is 2.29.